The van der Waals surface area contributed by atoms with Crippen LogP contribution in [0.4, 0.5) is 4.39 Å². The van der Waals surface area contributed by atoms with E-state index in [-0.39, 0.29) is 16.9 Å². The standard InChI is InChI=1S/C10H8BrFOS/c1-5-10(13)7-2-6(11)3-9(12)8(7)4-14-5/h2-3,5H,4H2,1H3. The summed E-state index contributed by atoms with van der Waals surface area (Å²) in [5.74, 6) is 0.319. The summed E-state index contributed by atoms with van der Waals surface area (Å²) in [7, 11) is 0. The molecule has 1 nitrogen and oxygen atoms in total. The maximum Gasteiger partial charge on any atom is 0.175 e. The fraction of sp³-hybridized carbons (Fsp3) is 0.300. The second-order valence-corrected chi connectivity index (χ2v) is 5.48. The lowest BCUT2D eigenvalue weighted by Crippen LogP contribution is -2.21. The summed E-state index contributed by atoms with van der Waals surface area (Å²) in [6.07, 6.45) is 0. The van der Waals surface area contributed by atoms with E-state index in [9.17, 15) is 9.18 Å². The van der Waals surface area contributed by atoms with Crippen molar-refractivity contribution in [2.24, 2.45) is 0 Å². The Morgan fingerprint density at radius 3 is 3.00 bits per heavy atom. The van der Waals surface area contributed by atoms with Crippen LogP contribution in [0.1, 0.15) is 22.8 Å². The molecule has 14 heavy (non-hydrogen) atoms. The van der Waals surface area contributed by atoms with Crippen molar-refractivity contribution in [2.75, 3.05) is 0 Å². The molecule has 4 heteroatoms. The molecule has 1 heterocycles. The third kappa shape index (κ3) is 1.61. The van der Waals surface area contributed by atoms with Gasteiger partial charge in [-0.3, -0.25) is 4.79 Å². The Labute approximate surface area is 94.2 Å². The van der Waals surface area contributed by atoms with Gasteiger partial charge in [-0.15, -0.1) is 11.8 Å². The molecule has 0 N–H and O–H groups in total. The maximum absolute atomic E-state index is 13.4. The van der Waals surface area contributed by atoms with Gasteiger partial charge in [0.2, 0.25) is 0 Å². The fourth-order valence-electron chi connectivity index (χ4n) is 1.47. The lowest BCUT2D eigenvalue weighted by molar-refractivity contribution is 0.0991. The first-order valence-electron chi connectivity index (χ1n) is 4.23. The molecule has 0 aromatic heterocycles. The van der Waals surface area contributed by atoms with Crippen LogP contribution in [0.15, 0.2) is 16.6 Å². The lowest BCUT2D eigenvalue weighted by Gasteiger charge is -2.20. The number of thioether (sulfide) groups is 1. The molecule has 0 fully saturated rings. The molecular formula is C10H8BrFOS. The lowest BCUT2D eigenvalue weighted by atomic mass is 10.0. The predicted molar refractivity (Wildman–Crippen MR) is 59.2 cm³/mol. The zero-order valence-corrected chi connectivity index (χ0v) is 9.91. The van der Waals surface area contributed by atoms with Crippen LogP contribution < -0.4 is 0 Å². The zero-order valence-electron chi connectivity index (χ0n) is 7.51. The number of hydrogen-bond donors (Lipinski definition) is 0. The van der Waals surface area contributed by atoms with Crippen LogP contribution in [-0.2, 0) is 5.75 Å². The molecule has 0 spiro atoms. The molecule has 1 aliphatic rings. The molecule has 0 saturated carbocycles. The van der Waals surface area contributed by atoms with Crippen LogP contribution in [0.5, 0.6) is 0 Å². The average Bonchev–Trinajstić information content (AvgIpc) is 2.12. The molecule has 1 aromatic carbocycles. The monoisotopic (exact) mass is 274 g/mol. The normalized spacial score (nSPS) is 20.8. The minimum atomic E-state index is -0.290. The third-order valence-corrected chi connectivity index (χ3v) is 3.90. The van der Waals surface area contributed by atoms with Crippen molar-refractivity contribution < 1.29 is 9.18 Å². The van der Waals surface area contributed by atoms with E-state index in [1.807, 2.05) is 6.92 Å². The first kappa shape index (κ1) is 10.2. The van der Waals surface area contributed by atoms with E-state index in [0.29, 0.717) is 21.4 Å². The van der Waals surface area contributed by atoms with E-state index in [0.717, 1.165) is 0 Å². The number of ketones is 1. The number of carbonyl (C=O) groups excluding carboxylic acids is 1. The first-order chi connectivity index (χ1) is 6.59. The Morgan fingerprint density at radius 1 is 1.57 bits per heavy atom. The average molecular weight is 275 g/mol. The molecule has 1 atom stereocenters. The summed E-state index contributed by atoms with van der Waals surface area (Å²) in [6.45, 7) is 1.86. The molecular weight excluding hydrogens is 267 g/mol. The fourth-order valence-corrected chi connectivity index (χ4v) is 2.89. The molecule has 74 valence electrons. The van der Waals surface area contributed by atoms with Crippen molar-refractivity contribution in [1.82, 2.24) is 0 Å². The number of carbonyl (C=O) groups is 1. The van der Waals surface area contributed by atoms with Gasteiger partial charge in [-0.1, -0.05) is 15.9 Å². The molecule has 1 aromatic rings. The third-order valence-electron chi connectivity index (χ3n) is 2.27. The highest BCUT2D eigenvalue weighted by molar-refractivity contribution is 9.10. The van der Waals surface area contributed by atoms with Gasteiger partial charge < -0.3 is 0 Å². The van der Waals surface area contributed by atoms with Crippen LogP contribution >= 0.6 is 27.7 Å². The smallest absolute Gasteiger partial charge is 0.175 e. The van der Waals surface area contributed by atoms with Gasteiger partial charge in [0.1, 0.15) is 5.82 Å². The molecule has 0 aliphatic carbocycles. The van der Waals surface area contributed by atoms with Crippen molar-refractivity contribution in [1.29, 1.82) is 0 Å². The van der Waals surface area contributed by atoms with Crippen molar-refractivity contribution in [2.45, 2.75) is 17.9 Å². The number of rotatable bonds is 0. The van der Waals surface area contributed by atoms with Crippen molar-refractivity contribution in [3.63, 3.8) is 0 Å². The van der Waals surface area contributed by atoms with Gasteiger partial charge in [-0.2, -0.15) is 0 Å². The van der Waals surface area contributed by atoms with Crippen LogP contribution in [0, 0.1) is 5.82 Å². The highest BCUT2D eigenvalue weighted by Crippen LogP contribution is 2.33. The molecule has 1 aliphatic heterocycles. The Kier molecular flexibility index (Phi) is 2.66. The number of halogens is 2. The molecule has 0 saturated heterocycles. The molecule has 0 radical (unpaired) electrons. The minimum Gasteiger partial charge on any atom is -0.293 e. The second kappa shape index (κ2) is 3.66. The van der Waals surface area contributed by atoms with Gasteiger partial charge in [0.15, 0.2) is 5.78 Å². The van der Waals surface area contributed by atoms with Gasteiger partial charge in [-0.25, -0.2) is 4.39 Å². The quantitative estimate of drug-likeness (QED) is 0.721. The summed E-state index contributed by atoms with van der Waals surface area (Å²) in [5.41, 5.74) is 1.07. The minimum absolute atomic E-state index is 0.0245. The number of fused-ring (bicyclic) bond motifs is 1. The number of hydrogen-bond acceptors (Lipinski definition) is 2. The summed E-state index contributed by atoms with van der Waals surface area (Å²) in [6, 6.07) is 3.11. The van der Waals surface area contributed by atoms with E-state index in [1.54, 1.807) is 6.07 Å². The molecule has 0 bridgehead atoms. The second-order valence-electron chi connectivity index (χ2n) is 3.23. The van der Waals surface area contributed by atoms with Crippen LogP contribution in [0.3, 0.4) is 0 Å². The topological polar surface area (TPSA) is 17.1 Å². The van der Waals surface area contributed by atoms with E-state index >= 15 is 0 Å². The van der Waals surface area contributed by atoms with Crippen molar-refractivity contribution in [3.8, 4) is 0 Å². The molecule has 1 unspecified atom stereocenters. The van der Waals surface area contributed by atoms with Crippen LogP contribution in [0.25, 0.3) is 0 Å². The van der Waals surface area contributed by atoms with E-state index < -0.39 is 0 Å². The summed E-state index contributed by atoms with van der Waals surface area (Å²) < 4.78 is 14.1. The highest BCUT2D eigenvalue weighted by Gasteiger charge is 2.26. The summed E-state index contributed by atoms with van der Waals surface area (Å²) >= 11 is 4.67. The molecule has 2 rings (SSSR count). The van der Waals surface area contributed by atoms with Gasteiger partial charge in [0.05, 0.1) is 5.25 Å². The van der Waals surface area contributed by atoms with Gasteiger partial charge in [0, 0.05) is 21.4 Å². The largest absolute Gasteiger partial charge is 0.293 e. The SMILES string of the molecule is CC1SCc2c(F)cc(Br)cc2C1=O. The maximum atomic E-state index is 13.4. The Bertz CT molecular complexity index is 405. The highest BCUT2D eigenvalue weighted by atomic mass is 79.9. The Hall–Kier alpha value is -0.350. The van der Waals surface area contributed by atoms with Gasteiger partial charge in [0.25, 0.3) is 0 Å². The van der Waals surface area contributed by atoms with E-state index in [2.05, 4.69) is 15.9 Å². The number of Topliss-reactive ketones (excluding diaryl/α,β-unsaturated/α-hetero) is 1. The Morgan fingerprint density at radius 2 is 2.29 bits per heavy atom. The predicted octanol–water partition coefficient (Wildman–Crippen LogP) is 3.41. The summed E-state index contributed by atoms with van der Waals surface area (Å²) in [5, 5.41) is -0.0591. The van der Waals surface area contributed by atoms with Gasteiger partial charge in [-0.05, 0) is 19.1 Å². The van der Waals surface area contributed by atoms with Crippen molar-refractivity contribution in [3.05, 3.63) is 33.5 Å². The van der Waals surface area contributed by atoms with Crippen LogP contribution in [-0.4, -0.2) is 11.0 Å². The zero-order chi connectivity index (χ0) is 10.3. The van der Waals surface area contributed by atoms with Gasteiger partial charge >= 0.3 is 0 Å². The Balaban J connectivity index is 2.60. The van der Waals surface area contributed by atoms with Crippen molar-refractivity contribution >= 4 is 33.5 Å². The van der Waals surface area contributed by atoms with E-state index in [4.69, 9.17) is 0 Å². The van der Waals surface area contributed by atoms with E-state index in [1.165, 1.54) is 17.8 Å². The summed E-state index contributed by atoms with van der Waals surface area (Å²) in [4.78, 5) is 11.7. The van der Waals surface area contributed by atoms with Crippen LogP contribution in [0.2, 0.25) is 0 Å². The molecule has 0 amide bonds. The first-order valence-corrected chi connectivity index (χ1v) is 6.07. The number of benzene rings is 1.